The summed E-state index contributed by atoms with van der Waals surface area (Å²) in [6.45, 7) is 8.26. The number of nitrogens with one attached hydrogen (secondary N) is 1. The first-order chi connectivity index (χ1) is 16.3. The maximum absolute atomic E-state index is 13.1. The molecule has 0 aliphatic carbocycles. The summed E-state index contributed by atoms with van der Waals surface area (Å²) in [6.07, 6.45) is 1.78. The molecule has 8 nitrogen and oxygen atoms in total. The number of likely N-dealkylation sites (tertiary alicyclic amines) is 1. The Kier molecular flexibility index (Phi) is 7.13. The second-order valence-electron chi connectivity index (χ2n) is 8.82. The Labute approximate surface area is 203 Å². The van der Waals surface area contributed by atoms with Crippen molar-refractivity contribution in [3.63, 3.8) is 0 Å². The minimum atomic E-state index is -0.202. The highest BCUT2D eigenvalue weighted by Crippen LogP contribution is 2.29. The molecular weight excluding hydrogens is 450 g/mol. The molecular formula is C25H31N5O3S. The van der Waals surface area contributed by atoms with E-state index in [1.54, 1.807) is 14.2 Å². The second-order valence-corrected chi connectivity index (χ2v) is 9.82. The van der Waals surface area contributed by atoms with Gasteiger partial charge in [0.15, 0.2) is 0 Å². The van der Waals surface area contributed by atoms with Gasteiger partial charge >= 0.3 is 0 Å². The molecule has 1 fully saturated rings. The average Bonchev–Trinajstić information content (AvgIpc) is 3.20. The summed E-state index contributed by atoms with van der Waals surface area (Å²) in [6, 6.07) is 8.26. The van der Waals surface area contributed by atoms with Gasteiger partial charge in [-0.1, -0.05) is 12.1 Å². The number of aryl methyl sites for hydroxylation is 3. The van der Waals surface area contributed by atoms with Crippen LogP contribution in [0.15, 0.2) is 29.1 Å². The van der Waals surface area contributed by atoms with Gasteiger partial charge in [0.05, 0.1) is 24.1 Å². The SMILES string of the molecule is COc1cccc(CN2CCC(NC(=O)c3sc(-c4c(C)c(C)nn(C)c4=O)nc3C)CC2)c1. The van der Waals surface area contributed by atoms with Gasteiger partial charge in [0, 0.05) is 32.7 Å². The lowest BCUT2D eigenvalue weighted by atomic mass is 10.0. The first kappa shape index (κ1) is 24.1. The number of hydrogen-bond donors (Lipinski definition) is 1. The van der Waals surface area contributed by atoms with Gasteiger partial charge in [0.2, 0.25) is 0 Å². The quantitative estimate of drug-likeness (QED) is 0.582. The normalized spacial score (nSPS) is 14.9. The molecule has 2 aromatic heterocycles. The number of benzene rings is 1. The molecule has 0 spiro atoms. The van der Waals surface area contributed by atoms with Crippen molar-refractivity contribution in [1.29, 1.82) is 0 Å². The predicted molar refractivity (Wildman–Crippen MR) is 134 cm³/mol. The fraction of sp³-hybridized carbons (Fsp3) is 0.440. The Bertz CT molecular complexity index is 1260. The van der Waals surface area contributed by atoms with E-state index in [-0.39, 0.29) is 17.5 Å². The Morgan fingerprint density at radius 1 is 1.21 bits per heavy atom. The standard InChI is InChI=1S/C25H31N5O3S/c1-15-16(2)28-29(4)25(32)21(15)24-26-17(3)22(34-24)23(31)27-19-9-11-30(12-10-19)14-18-7-6-8-20(13-18)33-5/h6-8,13,19H,9-12,14H2,1-5H3,(H,27,31). The zero-order valence-electron chi connectivity index (χ0n) is 20.3. The number of piperidine rings is 1. The van der Waals surface area contributed by atoms with Crippen LogP contribution in [-0.4, -0.2) is 51.8 Å². The summed E-state index contributed by atoms with van der Waals surface area (Å²) >= 11 is 1.27. The van der Waals surface area contributed by atoms with E-state index in [9.17, 15) is 9.59 Å². The molecule has 9 heteroatoms. The van der Waals surface area contributed by atoms with Crippen molar-refractivity contribution in [2.24, 2.45) is 7.05 Å². The molecule has 180 valence electrons. The number of hydrogen-bond acceptors (Lipinski definition) is 7. The number of thiazole rings is 1. The fourth-order valence-electron chi connectivity index (χ4n) is 4.33. The van der Waals surface area contributed by atoms with Gasteiger partial charge in [-0.2, -0.15) is 5.10 Å². The molecule has 1 N–H and O–H groups in total. The number of methoxy groups -OCH3 is 1. The Balaban J connectivity index is 1.40. The third-order valence-electron chi connectivity index (χ3n) is 6.41. The van der Waals surface area contributed by atoms with E-state index in [1.807, 2.05) is 32.9 Å². The van der Waals surface area contributed by atoms with Crippen LogP contribution >= 0.6 is 11.3 Å². The highest BCUT2D eigenvalue weighted by molar-refractivity contribution is 7.17. The first-order valence-electron chi connectivity index (χ1n) is 11.4. The molecule has 3 heterocycles. The van der Waals surface area contributed by atoms with Gasteiger partial charge in [-0.25, -0.2) is 9.67 Å². The Hall–Kier alpha value is -3.04. The van der Waals surface area contributed by atoms with E-state index in [1.165, 1.54) is 21.6 Å². The molecule has 0 atom stereocenters. The third kappa shape index (κ3) is 5.05. The van der Waals surface area contributed by atoms with E-state index in [2.05, 4.69) is 32.4 Å². The van der Waals surface area contributed by atoms with Crippen molar-refractivity contribution in [3.05, 3.63) is 62.0 Å². The lowest BCUT2D eigenvalue weighted by Gasteiger charge is -2.32. The number of ether oxygens (including phenoxy) is 1. The molecule has 1 aromatic carbocycles. The van der Waals surface area contributed by atoms with Crippen molar-refractivity contribution in [1.82, 2.24) is 25.0 Å². The van der Waals surface area contributed by atoms with Gasteiger partial charge < -0.3 is 10.1 Å². The van der Waals surface area contributed by atoms with Gasteiger partial charge in [-0.15, -0.1) is 11.3 Å². The topological polar surface area (TPSA) is 89.4 Å². The number of nitrogens with zero attached hydrogens (tertiary/aromatic N) is 4. The highest BCUT2D eigenvalue weighted by Gasteiger charge is 2.25. The van der Waals surface area contributed by atoms with E-state index in [0.29, 0.717) is 21.1 Å². The molecule has 34 heavy (non-hydrogen) atoms. The zero-order chi connectivity index (χ0) is 24.4. The van der Waals surface area contributed by atoms with Crippen molar-refractivity contribution in [3.8, 4) is 16.3 Å². The Morgan fingerprint density at radius 2 is 1.94 bits per heavy atom. The van der Waals surface area contributed by atoms with Crippen LogP contribution in [0.25, 0.3) is 10.6 Å². The largest absolute Gasteiger partial charge is 0.497 e. The minimum Gasteiger partial charge on any atom is -0.497 e. The van der Waals surface area contributed by atoms with Gasteiger partial charge in [0.1, 0.15) is 15.6 Å². The molecule has 0 saturated carbocycles. The van der Waals surface area contributed by atoms with Crippen LogP contribution in [-0.2, 0) is 13.6 Å². The molecule has 1 aliphatic rings. The maximum atomic E-state index is 13.1. The van der Waals surface area contributed by atoms with Crippen molar-refractivity contribution >= 4 is 17.2 Å². The minimum absolute atomic E-state index is 0.118. The molecule has 1 saturated heterocycles. The highest BCUT2D eigenvalue weighted by atomic mass is 32.1. The van der Waals surface area contributed by atoms with Crippen LogP contribution in [0.3, 0.4) is 0 Å². The van der Waals surface area contributed by atoms with Crippen LogP contribution in [0.5, 0.6) is 5.75 Å². The van der Waals surface area contributed by atoms with Gasteiger partial charge in [-0.3, -0.25) is 14.5 Å². The van der Waals surface area contributed by atoms with E-state index in [0.717, 1.165) is 49.5 Å². The van der Waals surface area contributed by atoms with Crippen LogP contribution in [0, 0.1) is 20.8 Å². The lowest BCUT2D eigenvalue weighted by molar-refractivity contribution is 0.0912. The Morgan fingerprint density at radius 3 is 2.65 bits per heavy atom. The van der Waals surface area contributed by atoms with Crippen molar-refractivity contribution in [2.45, 2.75) is 46.2 Å². The zero-order valence-corrected chi connectivity index (χ0v) is 21.2. The fourth-order valence-corrected chi connectivity index (χ4v) is 5.39. The number of amides is 1. The molecule has 1 amide bonds. The summed E-state index contributed by atoms with van der Waals surface area (Å²) in [7, 11) is 3.31. The molecule has 1 aliphatic heterocycles. The number of aromatic nitrogens is 3. The van der Waals surface area contributed by atoms with Crippen molar-refractivity contribution in [2.75, 3.05) is 20.2 Å². The van der Waals surface area contributed by atoms with Crippen LogP contribution in [0.4, 0.5) is 0 Å². The number of carbonyl (C=O) groups excluding carboxylic acids is 1. The van der Waals surface area contributed by atoms with Crippen LogP contribution in [0.2, 0.25) is 0 Å². The smallest absolute Gasteiger partial charge is 0.277 e. The first-order valence-corrected chi connectivity index (χ1v) is 12.3. The van der Waals surface area contributed by atoms with Crippen molar-refractivity contribution < 1.29 is 9.53 Å². The molecule has 0 radical (unpaired) electrons. The lowest BCUT2D eigenvalue weighted by Crippen LogP contribution is -2.44. The molecule has 4 rings (SSSR count). The summed E-state index contributed by atoms with van der Waals surface area (Å²) in [4.78, 5) is 33.3. The molecule has 3 aromatic rings. The number of rotatable bonds is 6. The predicted octanol–water partition coefficient (Wildman–Crippen LogP) is 3.23. The summed E-state index contributed by atoms with van der Waals surface area (Å²) < 4.78 is 6.65. The summed E-state index contributed by atoms with van der Waals surface area (Å²) in [5.41, 5.74) is 3.76. The van der Waals surface area contributed by atoms with E-state index in [4.69, 9.17) is 4.74 Å². The molecule has 0 unspecified atom stereocenters. The van der Waals surface area contributed by atoms with Crippen LogP contribution < -0.4 is 15.6 Å². The van der Waals surface area contributed by atoms with Crippen LogP contribution in [0.1, 0.15) is 45.0 Å². The average molecular weight is 482 g/mol. The summed E-state index contributed by atoms with van der Waals surface area (Å²) in [5.74, 6) is 0.752. The third-order valence-corrected chi connectivity index (χ3v) is 7.58. The monoisotopic (exact) mass is 481 g/mol. The maximum Gasteiger partial charge on any atom is 0.277 e. The summed E-state index contributed by atoms with van der Waals surface area (Å²) in [5, 5.41) is 7.99. The molecule has 0 bridgehead atoms. The number of carbonyl (C=O) groups is 1. The van der Waals surface area contributed by atoms with E-state index >= 15 is 0 Å². The second kappa shape index (κ2) is 10.1. The van der Waals surface area contributed by atoms with Gasteiger partial charge in [-0.05, 0) is 56.9 Å². The van der Waals surface area contributed by atoms with Gasteiger partial charge in [0.25, 0.3) is 11.5 Å². The van der Waals surface area contributed by atoms with E-state index < -0.39 is 0 Å².